The summed E-state index contributed by atoms with van der Waals surface area (Å²) < 4.78 is 66.4. The fraction of sp³-hybridized carbons (Fsp3) is 0.500. The smallest absolute Gasteiger partial charge is 0.372 e. The van der Waals surface area contributed by atoms with Gasteiger partial charge in [-0.1, -0.05) is 6.92 Å². The summed E-state index contributed by atoms with van der Waals surface area (Å²) >= 11 is 0. The molecule has 0 aliphatic heterocycles. The zero-order valence-corrected chi connectivity index (χ0v) is 15.4. The number of hydrogen-bond donors (Lipinski definition) is 2. The first-order valence-electron chi connectivity index (χ1n) is 7.66. The monoisotopic (exact) mass is 392 g/mol. The highest BCUT2D eigenvalue weighted by atomic mass is 32.2. The van der Waals surface area contributed by atoms with Crippen LogP contribution in [0.2, 0.25) is 0 Å². The van der Waals surface area contributed by atoms with Crippen LogP contribution < -0.4 is 11.1 Å². The summed E-state index contributed by atoms with van der Waals surface area (Å²) in [5.41, 5.74) is 3.77. The van der Waals surface area contributed by atoms with Crippen molar-refractivity contribution in [1.82, 2.24) is 19.2 Å². The highest BCUT2D eigenvalue weighted by Crippen LogP contribution is 2.41. The minimum atomic E-state index is -4.79. The molecule has 0 saturated carbocycles. The molecule has 0 spiro atoms. The topological polar surface area (TPSA) is 116 Å². The maximum absolute atomic E-state index is 13.6. The van der Waals surface area contributed by atoms with Gasteiger partial charge in [0, 0.05) is 12.6 Å². The molecular formula is C14H19F3N6O2S. The fourth-order valence-electron chi connectivity index (χ4n) is 2.39. The molecule has 0 amide bonds. The number of nitrogens with one attached hydrogen (secondary N) is 1. The van der Waals surface area contributed by atoms with E-state index < -0.39 is 38.5 Å². The van der Waals surface area contributed by atoms with Crippen molar-refractivity contribution in [2.75, 3.05) is 18.1 Å². The summed E-state index contributed by atoms with van der Waals surface area (Å²) in [6, 6.07) is 0. The molecule has 144 valence electrons. The SMILES string of the molecule is CCC(C)S(=O)(=O)n1ncc(-c2nc(N)nc(NC)c2C(F)(F)F)c1C. The van der Waals surface area contributed by atoms with E-state index in [1.165, 1.54) is 20.9 Å². The van der Waals surface area contributed by atoms with Crippen molar-refractivity contribution >= 4 is 21.8 Å². The van der Waals surface area contributed by atoms with Crippen LogP contribution in [-0.2, 0) is 16.2 Å². The van der Waals surface area contributed by atoms with Gasteiger partial charge in [0.1, 0.15) is 11.4 Å². The Hall–Kier alpha value is -2.37. The van der Waals surface area contributed by atoms with Crippen molar-refractivity contribution in [3.63, 3.8) is 0 Å². The minimum absolute atomic E-state index is 0.0101. The largest absolute Gasteiger partial charge is 0.422 e. The zero-order valence-electron chi connectivity index (χ0n) is 14.6. The number of nitrogens with two attached hydrogens (primary N) is 1. The predicted molar refractivity (Wildman–Crippen MR) is 91.0 cm³/mol. The van der Waals surface area contributed by atoms with Crippen LogP contribution in [0.25, 0.3) is 11.3 Å². The standard InChI is InChI=1S/C14H19F3N6O2S/c1-5-7(2)26(24,25)23-8(3)9(6-20-23)11-10(14(15,16)17)12(19-4)22-13(18)21-11/h6-7H,5H2,1-4H3,(H3,18,19,21,22). The van der Waals surface area contributed by atoms with Crippen LogP contribution in [0.4, 0.5) is 24.9 Å². The molecule has 0 fully saturated rings. The first kappa shape index (κ1) is 19.9. The maximum Gasteiger partial charge on any atom is 0.422 e. The molecule has 12 heteroatoms. The highest BCUT2D eigenvalue weighted by molar-refractivity contribution is 7.90. The van der Waals surface area contributed by atoms with Gasteiger partial charge in [-0.2, -0.15) is 27.3 Å². The zero-order chi connectivity index (χ0) is 19.9. The molecule has 0 saturated heterocycles. The summed E-state index contributed by atoms with van der Waals surface area (Å²) in [6.45, 7) is 4.55. The van der Waals surface area contributed by atoms with Gasteiger partial charge in [0.2, 0.25) is 5.95 Å². The molecule has 2 heterocycles. The van der Waals surface area contributed by atoms with Gasteiger partial charge < -0.3 is 11.1 Å². The normalized spacial score (nSPS) is 13.7. The van der Waals surface area contributed by atoms with Crippen molar-refractivity contribution in [2.45, 2.75) is 38.6 Å². The van der Waals surface area contributed by atoms with E-state index in [9.17, 15) is 21.6 Å². The number of alkyl halides is 3. The second kappa shape index (κ2) is 6.74. The van der Waals surface area contributed by atoms with Crippen molar-refractivity contribution in [3.8, 4) is 11.3 Å². The highest BCUT2D eigenvalue weighted by Gasteiger charge is 2.40. The lowest BCUT2D eigenvalue weighted by molar-refractivity contribution is -0.136. The Labute approximate surface area is 148 Å². The van der Waals surface area contributed by atoms with Gasteiger partial charge in [-0.05, 0) is 20.3 Å². The van der Waals surface area contributed by atoms with E-state index in [0.717, 1.165) is 10.3 Å². The van der Waals surface area contributed by atoms with E-state index in [1.54, 1.807) is 6.92 Å². The molecular weight excluding hydrogens is 373 g/mol. The van der Waals surface area contributed by atoms with Crippen LogP contribution in [-0.4, -0.2) is 39.9 Å². The molecule has 0 aliphatic carbocycles. The van der Waals surface area contributed by atoms with Crippen LogP contribution in [0, 0.1) is 6.92 Å². The lowest BCUT2D eigenvalue weighted by Crippen LogP contribution is -2.26. The Kier molecular flexibility index (Phi) is 5.17. The van der Waals surface area contributed by atoms with Crippen LogP contribution in [0.1, 0.15) is 31.5 Å². The number of anilines is 2. The Morgan fingerprint density at radius 3 is 2.46 bits per heavy atom. The average molecular weight is 392 g/mol. The van der Waals surface area contributed by atoms with Gasteiger partial charge in [-0.3, -0.25) is 0 Å². The molecule has 0 radical (unpaired) electrons. The van der Waals surface area contributed by atoms with Gasteiger partial charge in [-0.15, -0.1) is 0 Å². The van der Waals surface area contributed by atoms with Crippen LogP contribution in [0.15, 0.2) is 6.20 Å². The third kappa shape index (κ3) is 3.32. The minimum Gasteiger partial charge on any atom is -0.372 e. The van der Waals surface area contributed by atoms with Crippen molar-refractivity contribution < 1.29 is 21.6 Å². The second-order valence-electron chi connectivity index (χ2n) is 5.65. The summed E-state index contributed by atoms with van der Waals surface area (Å²) in [5, 5.41) is 5.37. The summed E-state index contributed by atoms with van der Waals surface area (Å²) in [7, 11) is -2.58. The number of aromatic nitrogens is 4. The average Bonchev–Trinajstić information content (AvgIpc) is 2.93. The third-order valence-electron chi connectivity index (χ3n) is 3.99. The summed E-state index contributed by atoms with van der Waals surface area (Å²) in [5.74, 6) is -0.883. The lowest BCUT2D eigenvalue weighted by Gasteiger charge is -2.16. The molecule has 26 heavy (non-hydrogen) atoms. The quantitative estimate of drug-likeness (QED) is 0.802. The Morgan fingerprint density at radius 1 is 1.35 bits per heavy atom. The van der Waals surface area contributed by atoms with Crippen molar-refractivity contribution in [3.05, 3.63) is 17.5 Å². The molecule has 0 aromatic carbocycles. The van der Waals surface area contributed by atoms with Gasteiger partial charge in [0.15, 0.2) is 0 Å². The van der Waals surface area contributed by atoms with Crippen LogP contribution in [0.3, 0.4) is 0 Å². The number of nitrogens with zero attached hydrogens (tertiary/aromatic N) is 4. The Morgan fingerprint density at radius 2 is 1.96 bits per heavy atom. The fourth-order valence-corrected chi connectivity index (χ4v) is 3.81. The van der Waals surface area contributed by atoms with Crippen molar-refractivity contribution in [1.29, 1.82) is 0 Å². The lowest BCUT2D eigenvalue weighted by atomic mass is 10.1. The second-order valence-corrected chi connectivity index (χ2v) is 7.83. The first-order valence-corrected chi connectivity index (χ1v) is 9.17. The van der Waals surface area contributed by atoms with E-state index in [1.807, 2.05) is 0 Å². The molecule has 3 N–H and O–H groups in total. The molecule has 2 aromatic rings. The van der Waals surface area contributed by atoms with Crippen molar-refractivity contribution in [2.24, 2.45) is 0 Å². The van der Waals surface area contributed by atoms with E-state index in [-0.39, 0.29) is 17.2 Å². The Balaban J connectivity index is 2.78. The van der Waals surface area contributed by atoms with Crippen LogP contribution in [0.5, 0.6) is 0 Å². The molecule has 0 aliphatic rings. The first-order chi connectivity index (χ1) is 11.9. The molecule has 2 rings (SSSR count). The van der Waals surface area contributed by atoms with E-state index in [0.29, 0.717) is 6.42 Å². The van der Waals surface area contributed by atoms with Gasteiger partial charge >= 0.3 is 6.18 Å². The van der Waals surface area contributed by atoms with Gasteiger partial charge in [-0.25, -0.2) is 13.4 Å². The van der Waals surface area contributed by atoms with Gasteiger partial charge in [0.25, 0.3) is 10.0 Å². The summed E-state index contributed by atoms with van der Waals surface area (Å²) in [4.78, 5) is 7.26. The molecule has 8 nitrogen and oxygen atoms in total. The Bertz CT molecular complexity index is 923. The number of rotatable bonds is 5. The van der Waals surface area contributed by atoms with Gasteiger partial charge in [0.05, 0.1) is 22.8 Å². The van der Waals surface area contributed by atoms with E-state index >= 15 is 0 Å². The summed E-state index contributed by atoms with van der Waals surface area (Å²) in [6.07, 6.45) is -3.42. The number of halogens is 3. The maximum atomic E-state index is 13.6. The van der Waals surface area contributed by atoms with Crippen LogP contribution >= 0.6 is 0 Å². The van der Waals surface area contributed by atoms with E-state index in [4.69, 9.17) is 5.73 Å². The predicted octanol–water partition coefficient (Wildman–Crippen LogP) is 2.27. The number of nitrogen functional groups attached to an aromatic ring is 1. The van der Waals surface area contributed by atoms with E-state index in [2.05, 4.69) is 20.4 Å². The molecule has 2 aromatic heterocycles. The third-order valence-corrected chi connectivity index (χ3v) is 6.20. The molecule has 1 unspecified atom stereocenters. The number of hydrogen-bond acceptors (Lipinski definition) is 7. The molecule has 0 bridgehead atoms. The molecule has 1 atom stereocenters.